The van der Waals surface area contributed by atoms with E-state index in [0.29, 0.717) is 24.5 Å². The van der Waals surface area contributed by atoms with Crippen molar-refractivity contribution in [2.75, 3.05) is 30.0 Å². The summed E-state index contributed by atoms with van der Waals surface area (Å²) in [5.41, 5.74) is 2.28. The van der Waals surface area contributed by atoms with E-state index in [2.05, 4.69) is 5.32 Å². The molecule has 0 radical (unpaired) electrons. The van der Waals surface area contributed by atoms with Crippen molar-refractivity contribution >= 4 is 35.2 Å². The second kappa shape index (κ2) is 10.2. The summed E-state index contributed by atoms with van der Waals surface area (Å²) in [5.74, 6) is -0.144. The summed E-state index contributed by atoms with van der Waals surface area (Å²) < 4.78 is 10.2. The molecule has 1 fully saturated rings. The molecule has 3 rings (SSSR count). The van der Waals surface area contributed by atoms with Crippen LogP contribution in [0.1, 0.15) is 25.3 Å². The highest BCUT2D eigenvalue weighted by molar-refractivity contribution is 6.02. The molecule has 2 amide bonds. The lowest BCUT2D eigenvalue weighted by Crippen LogP contribution is -2.23. The van der Waals surface area contributed by atoms with Crippen molar-refractivity contribution in [2.45, 2.75) is 19.8 Å². The number of amides is 2. The van der Waals surface area contributed by atoms with Crippen molar-refractivity contribution in [3.63, 3.8) is 0 Å². The van der Waals surface area contributed by atoms with Gasteiger partial charge < -0.3 is 19.7 Å². The van der Waals surface area contributed by atoms with E-state index in [0.717, 1.165) is 24.2 Å². The Morgan fingerprint density at radius 1 is 1.17 bits per heavy atom. The predicted octanol–water partition coefficient (Wildman–Crippen LogP) is 3.41. The Hall–Kier alpha value is -3.61. The molecule has 0 aliphatic carbocycles. The molecule has 156 valence electrons. The Labute approximate surface area is 175 Å². The first-order valence-corrected chi connectivity index (χ1v) is 9.83. The molecule has 1 heterocycles. The minimum Gasteiger partial charge on any atom is -0.482 e. The molecule has 0 unspecified atom stereocenters. The first kappa shape index (κ1) is 21.1. The van der Waals surface area contributed by atoms with Gasteiger partial charge in [0.05, 0.1) is 6.61 Å². The van der Waals surface area contributed by atoms with E-state index in [4.69, 9.17) is 9.47 Å². The van der Waals surface area contributed by atoms with Gasteiger partial charge in [-0.05, 0) is 49.2 Å². The lowest BCUT2D eigenvalue weighted by Gasteiger charge is -2.15. The molecule has 0 saturated carbocycles. The van der Waals surface area contributed by atoms with Gasteiger partial charge in [-0.2, -0.15) is 0 Å². The lowest BCUT2D eigenvalue weighted by atomic mass is 10.2. The van der Waals surface area contributed by atoms with E-state index >= 15 is 0 Å². The van der Waals surface area contributed by atoms with Crippen molar-refractivity contribution in [3.8, 4) is 5.75 Å². The molecule has 1 aliphatic rings. The number of benzene rings is 2. The lowest BCUT2D eigenvalue weighted by molar-refractivity contribution is -0.145. The maximum absolute atomic E-state index is 12.2. The van der Waals surface area contributed by atoms with E-state index in [9.17, 15) is 14.4 Å². The van der Waals surface area contributed by atoms with Crippen molar-refractivity contribution in [1.29, 1.82) is 0 Å². The third-order valence-corrected chi connectivity index (χ3v) is 4.47. The topological polar surface area (TPSA) is 84.9 Å². The van der Waals surface area contributed by atoms with Gasteiger partial charge >= 0.3 is 5.97 Å². The maximum atomic E-state index is 12.2. The number of rotatable bonds is 8. The van der Waals surface area contributed by atoms with Gasteiger partial charge in [0.1, 0.15) is 5.75 Å². The number of carbonyl (C=O) groups excluding carboxylic acids is 3. The monoisotopic (exact) mass is 408 g/mol. The molecule has 30 heavy (non-hydrogen) atoms. The molecule has 1 N–H and O–H groups in total. The van der Waals surface area contributed by atoms with Gasteiger partial charge in [0.2, 0.25) is 11.8 Å². The smallest absolute Gasteiger partial charge is 0.344 e. The highest BCUT2D eigenvalue weighted by Gasteiger charge is 2.21. The average molecular weight is 408 g/mol. The molecule has 1 aliphatic heterocycles. The van der Waals surface area contributed by atoms with Crippen LogP contribution < -0.4 is 15.0 Å². The molecule has 2 aromatic rings. The Balaban J connectivity index is 1.53. The van der Waals surface area contributed by atoms with Gasteiger partial charge in [-0.25, -0.2) is 4.79 Å². The predicted molar refractivity (Wildman–Crippen MR) is 114 cm³/mol. The number of hydrogen-bond donors (Lipinski definition) is 1. The van der Waals surface area contributed by atoms with Crippen LogP contribution in [0, 0.1) is 0 Å². The van der Waals surface area contributed by atoms with Crippen LogP contribution in [0.2, 0.25) is 0 Å². The SMILES string of the molecule is CCOC(=O)COc1cccc(NC(=O)/C=C/c2ccc(N3CCCC3=O)cc2)c1. The second-order valence-corrected chi connectivity index (χ2v) is 6.68. The van der Waals surface area contributed by atoms with Gasteiger partial charge in [0.25, 0.3) is 0 Å². The van der Waals surface area contributed by atoms with Gasteiger partial charge in [-0.15, -0.1) is 0 Å². The first-order chi connectivity index (χ1) is 14.5. The summed E-state index contributed by atoms with van der Waals surface area (Å²) in [6.45, 7) is 2.58. The fourth-order valence-electron chi connectivity index (χ4n) is 3.05. The molecule has 2 aromatic carbocycles. The highest BCUT2D eigenvalue weighted by atomic mass is 16.6. The zero-order valence-electron chi connectivity index (χ0n) is 16.8. The third kappa shape index (κ3) is 5.94. The van der Waals surface area contributed by atoms with Crippen molar-refractivity contribution in [2.24, 2.45) is 0 Å². The van der Waals surface area contributed by atoms with Gasteiger partial charge in [0, 0.05) is 36.5 Å². The van der Waals surface area contributed by atoms with E-state index in [-0.39, 0.29) is 18.4 Å². The summed E-state index contributed by atoms with van der Waals surface area (Å²) in [6, 6.07) is 14.3. The van der Waals surface area contributed by atoms with E-state index < -0.39 is 5.97 Å². The molecule has 7 nitrogen and oxygen atoms in total. The van der Waals surface area contributed by atoms with E-state index in [1.807, 2.05) is 24.3 Å². The van der Waals surface area contributed by atoms with Crippen LogP contribution in [0.15, 0.2) is 54.6 Å². The van der Waals surface area contributed by atoms with Crippen LogP contribution >= 0.6 is 0 Å². The molecule has 0 spiro atoms. The van der Waals surface area contributed by atoms with Crippen molar-refractivity contribution in [1.82, 2.24) is 0 Å². The molecule has 0 atom stereocenters. The summed E-state index contributed by atoms with van der Waals surface area (Å²) in [6.07, 6.45) is 4.61. The number of hydrogen-bond acceptors (Lipinski definition) is 5. The third-order valence-electron chi connectivity index (χ3n) is 4.47. The Kier molecular flexibility index (Phi) is 7.21. The molecule has 7 heteroatoms. The fourth-order valence-corrected chi connectivity index (χ4v) is 3.05. The van der Waals surface area contributed by atoms with Crippen LogP contribution in [0.5, 0.6) is 5.75 Å². The molecular formula is C23H24N2O5. The average Bonchev–Trinajstić information content (AvgIpc) is 3.17. The minimum absolute atomic E-state index is 0.145. The van der Waals surface area contributed by atoms with Crippen LogP contribution in [0.25, 0.3) is 6.08 Å². The zero-order chi connectivity index (χ0) is 21.3. The highest BCUT2D eigenvalue weighted by Crippen LogP contribution is 2.22. The van der Waals surface area contributed by atoms with Crippen LogP contribution in [-0.2, 0) is 19.1 Å². The summed E-state index contributed by atoms with van der Waals surface area (Å²) in [4.78, 5) is 37.1. The molecule has 1 saturated heterocycles. The van der Waals surface area contributed by atoms with Crippen molar-refractivity contribution in [3.05, 3.63) is 60.2 Å². The first-order valence-electron chi connectivity index (χ1n) is 9.83. The van der Waals surface area contributed by atoms with Crippen LogP contribution in [-0.4, -0.2) is 37.5 Å². The Bertz CT molecular complexity index is 937. The number of ether oxygens (including phenoxy) is 2. The number of anilines is 2. The number of nitrogens with one attached hydrogen (secondary N) is 1. The number of carbonyl (C=O) groups is 3. The second-order valence-electron chi connectivity index (χ2n) is 6.68. The normalized spacial score (nSPS) is 13.5. The van der Waals surface area contributed by atoms with Crippen LogP contribution in [0.4, 0.5) is 11.4 Å². The Morgan fingerprint density at radius 3 is 2.67 bits per heavy atom. The molecule has 0 aromatic heterocycles. The fraction of sp³-hybridized carbons (Fsp3) is 0.261. The Morgan fingerprint density at radius 2 is 1.97 bits per heavy atom. The quantitative estimate of drug-likeness (QED) is 0.535. The van der Waals surface area contributed by atoms with Gasteiger partial charge in [0.15, 0.2) is 6.61 Å². The van der Waals surface area contributed by atoms with Crippen LogP contribution in [0.3, 0.4) is 0 Å². The largest absolute Gasteiger partial charge is 0.482 e. The summed E-state index contributed by atoms with van der Waals surface area (Å²) >= 11 is 0. The minimum atomic E-state index is -0.449. The van der Waals surface area contributed by atoms with Gasteiger partial charge in [-0.3, -0.25) is 9.59 Å². The molecule has 0 bridgehead atoms. The van der Waals surface area contributed by atoms with Gasteiger partial charge in [-0.1, -0.05) is 18.2 Å². The maximum Gasteiger partial charge on any atom is 0.344 e. The zero-order valence-corrected chi connectivity index (χ0v) is 16.8. The summed E-state index contributed by atoms with van der Waals surface area (Å²) in [5, 5.41) is 2.75. The van der Waals surface area contributed by atoms with E-state index in [1.165, 1.54) is 6.08 Å². The van der Waals surface area contributed by atoms with Crippen molar-refractivity contribution < 1.29 is 23.9 Å². The molecular weight excluding hydrogens is 384 g/mol. The van der Waals surface area contributed by atoms with E-state index in [1.54, 1.807) is 42.2 Å². The number of esters is 1. The summed E-state index contributed by atoms with van der Waals surface area (Å²) in [7, 11) is 0. The standard InChI is InChI=1S/C23H24N2O5/c1-2-29-23(28)16-30-20-6-3-5-18(15-20)24-21(26)13-10-17-8-11-19(12-9-17)25-14-4-7-22(25)27/h3,5-6,8-13,15H,2,4,7,14,16H2,1H3,(H,24,26)/b13-10+. The number of nitrogens with zero attached hydrogens (tertiary/aromatic N) is 1.